The lowest BCUT2D eigenvalue weighted by atomic mass is 10.2. The second-order valence-corrected chi connectivity index (χ2v) is 8.82. The highest BCUT2D eigenvalue weighted by Crippen LogP contribution is 2.33. The molecular formula is C34H30N6O2. The molecule has 4 aromatic heterocycles. The first-order valence-electron chi connectivity index (χ1n) is 13.3. The highest BCUT2D eigenvalue weighted by atomic mass is 16.5. The molecule has 0 aliphatic carbocycles. The first-order chi connectivity index (χ1) is 20.8. The number of rotatable bonds is 8. The molecule has 0 amide bonds. The third-order valence-electron chi connectivity index (χ3n) is 6.17. The fraction of sp³-hybridized carbons (Fsp3) is 0.0588. The molecule has 0 radical (unpaired) electrons. The van der Waals surface area contributed by atoms with Crippen LogP contribution in [0, 0.1) is 0 Å². The Balaban J connectivity index is 0.000000168. The summed E-state index contributed by atoms with van der Waals surface area (Å²) in [6, 6.07) is 38.9. The molecule has 0 saturated heterocycles. The van der Waals surface area contributed by atoms with Crippen molar-refractivity contribution in [3.05, 3.63) is 146 Å². The topological polar surface area (TPSA) is 76.5 Å². The van der Waals surface area contributed by atoms with Gasteiger partial charge in [-0.15, -0.1) is 0 Å². The van der Waals surface area contributed by atoms with Gasteiger partial charge in [-0.1, -0.05) is 24.3 Å². The Hall–Kier alpha value is -5.76. The number of methoxy groups -OCH3 is 2. The van der Waals surface area contributed by atoms with Crippen molar-refractivity contribution < 1.29 is 9.47 Å². The number of benzene rings is 2. The minimum Gasteiger partial charge on any atom is -0.497 e. The van der Waals surface area contributed by atoms with Crippen molar-refractivity contribution in [1.82, 2.24) is 19.9 Å². The molecule has 2 aromatic carbocycles. The lowest BCUT2D eigenvalue weighted by Crippen LogP contribution is -2.12. The van der Waals surface area contributed by atoms with Crippen LogP contribution in [0.2, 0.25) is 0 Å². The number of hydrogen-bond acceptors (Lipinski definition) is 8. The van der Waals surface area contributed by atoms with E-state index in [-0.39, 0.29) is 0 Å². The van der Waals surface area contributed by atoms with Crippen LogP contribution in [0.15, 0.2) is 146 Å². The van der Waals surface area contributed by atoms with Gasteiger partial charge in [0.25, 0.3) is 0 Å². The van der Waals surface area contributed by atoms with Gasteiger partial charge in [0, 0.05) is 36.2 Å². The maximum Gasteiger partial charge on any atom is 0.138 e. The predicted octanol–water partition coefficient (Wildman–Crippen LogP) is 7.91. The number of anilines is 6. The molecule has 42 heavy (non-hydrogen) atoms. The molecule has 6 aromatic rings. The lowest BCUT2D eigenvalue weighted by Gasteiger charge is -2.22. The van der Waals surface area contributed by atoms with Gasteiger partial charge in [-0.3, -0.25) is 9.80 Å². The van der Waals surface area contributed by atoms with Crippen molar-refractivity contribution in [1.29, 1.82) is 0 Å². The summed E-state index contributed by atoms with van der Waals surface area (Å²) in [5.41, 5.74) is 1.96. The molecule has 0 aliphatic rings. The van der Waals surface area contributed by atoms with Gasteiger partial charge in [0.2, 0.25) is 0 Å². The van der Waals surface area contributed by atoms with Crippen LogP contribution in [0.4, 0.5) is 34.6 Å². The Morgan fingerprint density at radius 3 is 0.881 bits per heavy atom. The smallest absolute Gasteiger partial charge is 0.138 e. The van der Waals surface area contributed by atoms with Gasteiger partial charge >= 0.3 is 0 Å². The molecule has 8 heteroatoms. The van der Waals surface area contributed by atoms with Gasteiger partial charge in [-0.2, -0.15) is 0 Å². The average molecular weight is 555 g/mol. The van der Waals surface area contributed by atoms with Crippen molar-refractivity contribution >= 4 is 34.6 Å². The fourth-order valence-electron chi connectivity index (χ4n) is 4.17. The van der Waals surface area contributed by atoms with E-state index >= 15 is 0 Å². The first-order valence-corrected chi connectivity index (χ1v) is 13.3. The van der Waals surface area contributed by atoms with E-state index in [4.69, 9.17) is 9.47 Å². The molecule has 0 fully saturated rings. The molecule has 0 N–H and O–H groups in total. The molecule has 6 rings (SSSR count). The summed E-state index contributed by atoms with van der Waals surface area (Å²) in [5.74, 6) is 4.92. The van der Waals surface area contributed by atoms with Gasteiger partial charge < -0.3 is 9.47 Å². The summed E-state index contributed by atoms with van der Waals surface area (Å²) < 4.78 is 10.4. The van der Waals surface area contributed by atoms with Crippen LogP contribution in [0.25, 0.3) is 0 Å². The van der Waals surface area contributed by atoms with E-state index < -0.39 is 0 Å². The Labute approximate surface area is 245 Å². The fourth-order valence-corrected chi connectivity index (χ4v) is 4.17. The van der Waals surface area contributed by atoms with E-state index in [2.05, 4.69) is 19.9 Å². The SMILES string of the molecule is COc1ccc(N(c2ccccn2)c2ccccn2)cc1.COc1ccc(N(c2ccccn2)c2ccccn2)cc1. The minimum absolute atomic E-state index is 0.820. The van der Waals surface area contributed by atoms with E-state index in [9.17, 15) is 0 Å². The average Bonchev–Trinajstić information content (AvgIpc) is 3.08. The van der Waals surface area contributed by atoms with Crippen LogP contribution in [-0.2, 0) is 0 Å². The van der Waals surface area contributed by atoms with Crippen molar-refractivity contribution in [2.45, 2.75) is 0 Å². The van der Waals surface area contributed by atoms with Crippen LogP contribution in [0.1, 0.15) is 0 Å². The largest absolute Gasteiger partial charge is 0.497 e. The van der Waals surface area contributed by atoms with Crippen molar-refractivity contribution in [2.75, 3.05) is 24.0 Å². The second kappa shape index (κ2) is 14.0. The Bertz CT molecular complexity index is 1420. The summed E-state index contributed by atoms with van der Waals surface area (Å²) in [5, 5.41) is 0. The van der Waals surface area contributed by atoms with Crippen molar-refractivity contribution in [3.63, 3.8) is 0 Å². The molecule has 0 saturated carbocycles. The summed E-state index contributed by atoms with van der Waals surface area (Å²) in [4.78, 5) is 21.7. The maximum absolute atomic E-state index is 5.21. The lowest BCUT2D eigenvalue weighted by molar-refractivity contribution is 0.414. The Morgan fingerprint density at radius 1 is 0.381 bits per heavy atom. The summed E-state index contributed by atoms with van der Waals surface area (Å²) >= 11 is 0. The van der Waals surface area contributed by atoms with Crippen LogP contribution in [-0.4, -0.2) is 34.2 Å². The molecule has 0 unspecified atom stereocenters. The first kappa shape index (κ1) is 27.8. The number of pyridine rings is 4. The van der Waals surface area contributed by atoms with Crippen LogP contribution < -0.4 is 19.3 Å². The second-order valence-electron chi connectivity index (χ2n) is 8.82. The molecular weight excluding hydrogens is 524 g/mol. The molecule has 0 aliphatic heterocycles. The van der Waals surface area contributed by atoms with E-state index in [1.165, 1.54) is 0 Å². The number of nitrogens with zero attached hydrogens (tertiary/aromatic N) is 6. The van der Waals surface area contributed by atoms with Gasteiger partial charge in [-0.05, 0) is 97.1 Å². The zero-order valence-corrected chi connectivity index (χ0v) is 23.4. The van der Waals surface area contributed by atoms with Crippen LogP contribution in [0.5, 0.6) is 11.5 Å². The predicted molar refractivity (Wildman–Crippen MR) is 167 cm³/mol. The molecule has 8 nitrogen and oxygen atoms in total. The third kappa shape index (κ3) is 6.86. The summed E-state index contributed by atoms with van der Waals surface area (Å²) in [7, 11) is 3.31. The van der Waals surface area contributed by atoms with E-state index in [0.717, 1.165) is 46.1 Å². The monoisotopic (exact) mass is 554 g/mol. The quantitative estimate of drug-likeness (QED) is 0.188. The normalized spacial score (nSPS) is 10.1. The van der Waals surface area contributed by atoms with Gasteiger partial charge in [0.05, 0.1) is 14.2 Å². The molecule has 4 heterocycles. The summed E-state index contributed by atoms with van der Waals surface area (Å²) in [6.45, 7) is 0. The molecule has 0 atom stereocenters. The number of ether oxygens (including phenoxy) is 2. The van der Waals surface area contributed by atoms with Crippen molar-refractivity contribution in [3.8, 4) is 11.5 Å². The Morgan fingerprint density at radius 2 is 0.667 bits per heavy atom. The highest BCUT2D eigenvalue weighted by Gasteiger charge is 2.15. The zero-order chi connectivity index (χ0) is 29.0. The molecule has 208 valence electrons. The maximum atomic E-state index is 5.21. The third-order valence-corrected chi connectivity index (χ3v) is 6.17. The van der Waals surface area contributed by atoms with Gasteiger partial charge in [0.15, 0.2) is 0 Å². The van der Waals surface area contributed by atoms with Crippen LogP contribution in [0.3, 0.4) is 0 Å². The van der Waals surface area contributed by atoms with E-state index in [0.29, 0.717) is 0 Å². The Kier molecular flexibility index (Phi) is 9.29. The van der Waals surface area contributed by atoms with Gasteiger partial charge in [-0.25, -0.2) is 19.9 Å². The molecule has 0 bridgehead atoms. The summed E-state index contributed by atoms with van der Waals surface area (Å²) in [6.07, 6.45) is 7.09. The zero-order valence-electron chi connectivity index (χ0n) is 23.4. The van der Waals surface area contributed by atoms with Gasteiger partial charge in [0.1, 0.15) is 34.8 Å². The van der Waals surface area contributed by atoms with E-state index in [1.54, 1.807) is 39.0 Å². The number of aromatic nitrogens is 4. The molecule has 0 spiro atoms. The number of hydrogen-bond donors (Lipinski definition) is 0. The van der Waals surface area contributed by atoms with Crippen molar-refractivity contribution in [2.24, 2.45) is 0 Å². The van der Waals surface area contributed by atoms with Crippen LogP contribution >= 0.6 is 0 Å². The standard InChI is InChI=1S/2C17H15N3O/c2*1-21-15-10-8-14(9-11-15)20(16-6-2-4-12-18-16)17-7-3-5-13-19-17/h2*2-13H,1H3. The minimum atomic E-state index is 0.820. The van der Waals surface area contributed by atoms with E-state index in [1.807, 2.05) is 131 Å². The highest BCUT2D eigenvalue weighted by molar-refractivity contribution is 5.73.